The Bertz CT molecular complexity index is 679. The van der Waals surface area contributed by atoms with E-state index in [9.17, 15) is 4.79 Å². The Labute approximate surface area is 158 Å². The van der Waals surface area contributed by atoms with E-state index in [0.29, 0.717) is 12.2 Å². The fourth-order valence-corrected chi connectivity index (χ4v) is 3.60. The van der Waals surface area contributed by atoms with Crippen molar-refractivity contribution < 1.29 is 9.53 Å². The zero-order valence-corrected chi connectivity index (χ0v) is 17.0. The minimum atomic E-state index is -0.131. The number of halogens is 1. The maximum absolute atomic E-state index is 12.2. The average Bonchev–Trinajstić information content (AvgIpc) is 2.86. The molecule has 1 N–H and O–H groups in total. The lowest BCUT2D eigenvalue weighted by molar-refractivity contribution is -0.134. The van der Waals surface area contributed by atoms with Crippen LogP contribution in [0.5, 0.6) is 5.75 Å². The molecule has 0 saturated heterocycles. The molecule has 0 amide bonds. The number of ether oxygens (including phenoxy) is 1. The Kier molecular flexibility index (Phi) is 7.55. The number of hydrogen-bond donors (Lipinski definition) is 1. The minimum Gasteiger partial charge on any atom is -0.426 e. The molecule has 0 radical (unpaired) electrons. The number of unbranched alkanes of at least 4 members (excludes halogenated alkanes) is 3. The monoisotopic (exact) mass is 442 g/mol. The molecular weight excluding hydrogens is 415 g/mol. The molecule has 0 aliphatic heterocycles. The van der Waals surface area contributed by atoms with Crippen molar-refractivity contribution in [2.24, 2.45) is 0 Å². The molecule has 4 nitrogen and oxygen atoms in total. The van der Waals surface area contributed by atoms with Crippen molar-refractivity contribution in [2.45, 2.75) is 45.4 Å². The van der Waals surface area contributed by atoms with E-state index in [0.717, 1.165) is 40.4 Å². The highest BCUT2D eigenvalue weighted by Gasteiger charge is 2.16. The fourth-order valence-electron chi connectivity index (χ4n) is 2.77. The van der Waals surface area contributed by atoms with Gasteiger partial charge in [0.05, 0.1) is 9.22 Å². The summed E-state index contributed by atoms with van der Waals surface area (Å²) in [5, 5.41) is 1.05. The highest BCUT2D eigenvalue weighted by Crippen LogP contribution is 2.32. The number of fused-ring (bicyclic) bond motifs is 1. The van der Waals surface area contributed by atoms with Crippen LogP contribution < -0.4 is 4.74 Å². The third-order valence-corrected chi connectivity index (χ3v) is 5.03. The van der Waals surface area contributed by atoms with E-state index < -0.39 is 0 Å². The molecule has 1 heterocycles. The Morgan fingerprint density at radius 2 is 2.04 bits per heavy atom. The molecular formula is C19H27IN2O2. The van der Waals surface area contributed by atoms with Crippen molar-refractivity contribution in [2.75, 3.05) is 20.6 Å². The van der Waals surface area contributed by atoms with E-state index in [1.165, 1.54) is 18.4 Å². The summed E-state index contributed by atoms with van der Waals surface area (Å²) in [7, 11) is 4.14. The summed E-state index contributed by atoms with van der Waals surface area (Å²) in [5.41, 5.74) is 2.26. The second-order valence-corrected chi connectivity index (χ2v) is 7.51. The van der Waals surface area contributed by atoms with Crippen LogP contribution in [0.3, 0.4) is 0 Å². The van der Waals surface area contributed by atoms with Gasteiger partial charge in [0.2, 0.25) is 0 Å². The lowest BCUT2D eigenvalue weighted by Gasteiger charge is -2.11. The molecule has 2 rings (SSSR count). The molecule has 0 aliphatic carbocycles. The number of aromatic nitrogens is 1. The van der Waals surface area contributed by atoms with E-state index in [1.54, 1.807) is 0 Å². The minimum absolute atomic E-state index is 0.131. The quantitative estimate of drug-likeness (QED) is 0.264. The largest absolute Gasteiger partial charge is 0.426 e. The van der Waals surface area contributed by atoms with E-state index in [4.69, 9.17) is 4.74 Å². The van der Waals surface area contributed by atoms with Crippen molar-refractivity contribution in [3.8, 4) is 5.75 Å². The lowest BCUT2D eigenvalue weighted by Crippen LogP contribution is -2.15. The Balaban J connectivity index is 2.15. The lowest BCUT2D eigenvalue weighted by atomic mass is 10.1. The second kappa shape index (κ2) is 9.42. The summed E-state index contributed by atoms with van der Waals surface area (Å²) in [4.78, 5) is 17.7. The van der Waals surface area contributed by atoms with Crippen molar-refractivity contribution >= 4 is 39.5 Å². The predicted octanol–water partition coefficient (Wildman–Crippen LogP) is 4.75. The zero-order valence-electron chi connectivity index (χ0n) is 14.8. The Hall–Kier alpha value is -1.08. The second-order valence-electron chi connectivity index (χ2n) is 6.43. The number of nitrogens with zero attached hydrogens (tertiary/aromatic N) is 1. The van der Waals surface area contributed by atoms with Crippen LogP contribution in [0.25, 0.3) is 10.9 Å². The van der Waals surface area contributed by atoms with Crippen LogP contribution in [-0.2, 0) is 11.2 Å². The number of hydrogen-bond acceptors (Lipinski definition) is 3. The molecule has 1 aromatic carbocycles. The topological polar surface area (TPSA) is 45.3 Å². The summed E-state index contributed by atoms with van der Waals surface area (Å²) in [6.07, 6.45) is 5.76. The molecule has 5 heteroatoms. The van der Waals surface area contributed by atoms with Crippen molar-refractivity contribution in [1.29, 1.82) is 0 Å². The summed E-state index contributed by atoms with van der Waals surface area (Å²) in [6, 6.07) is 5.87. The van der Waals surface area contributed by atoms with Gasteiger partial charge in [0.1, 0.15) is 5.75 Å². The molecule has 0 spiro atoms. The molecule has 0 atom stereocenters. The van der Waals surface area contributed by atoms with E-state index in [1.807, 2.05) is 18.2 Å². The van der Waals surface area contributed by atoms with Crippen LogP contribution in [0, 0.1) is 3.70 Å². The third kappa shape index (κ3) is 5.21. The number of nitrogens with one attached hydrogen (secondary N) is 1. The van der Waals surface area contributed by atoms with Gasteiger partial charge in [-0.25, -0.2) is 0 Å². The zero-order chi connectivity index (χ0) is 17.5. The first-order valence-corrected chi connectivity index (χ1v) is 9.75. The van der Waals surface area contributed by atoms with Gasteiger partial charge in [0.15, 0.2) is 0 Å². The van der Waals surface area contributed by atoms with Crippen LogP contribution in [0.2, 0.25) is 0 Å². The molecule has 0 fully saturated rings. The van der Waals surface area contributed by atoms with Crippen molar-refractivity contribution in [3.05, 3.63) is 27.5 Å². The Morgan fingerprint density at radius 3 is 2.75 bits per heavy atom. The number of benzene rings is 1. The molecule has 0 aliphatic rings. The standard InChI is InChI=1S/C19H27IN2O2/c1-4-5-6-7-11-17(23)24-16-10-8-9-15-18(16)14(19(20)21-15)12-13-22(2)3/h8-10,21H,4-7,11-13H2,1-3H3. The number of carbonyl (C=O) groups is 1. The Morgan fingerprint density at radius 1 is 1.25 bits per heavy atom. The first-order valence-electron chi connectivity index (χ1n) is 8.67. The van der Waals surface area contributed by atoms with Crippen LogP contribution in [-0.4, -0.2) is 36.5 Å². The maximum atomic E-state index is 12.2. The van der Waals surface area contributed by atoms with E-state index in [2.05, 4.69) is 53.5 Å². The molecule has 132 valence electrons. The van der Waals surface area contributed by atoms with Gasteiger partial charge in [0.25, 0.3) is 0 Å². The molecule has 2 aromatic rings. The highest BCUT2D eigenvalue weighted by molar-refractivity contribution is 14.1. The van der Waals surface area contributed by atoms with Gasteiger partial charge in [-0.05, 0) is 67.2 Å². The van der Waals surface area contributed by atoms with Gasteiger partial charge in [-0.3, -0.25) is 4.79 Å². The summed E-state index contributed by atoms with van der Waals surface area (Å²) in [6.45, 7) is 3.13. The maximum Gasteiger partial charge on any atom is 0.311 e. The SMILES string of the molecule is CCCCCCC(=O)Oc1cccc2[nH]c(I)c(CCN(C)C)c12. The summed E-state index contributed by atoms with van der Waals surface area (Å²) >= 11 is 2.33. The van der Waals surface area contributed by atoms with Gasteiger partial charge in [-0.1, -0.05) is 32.3 Å². The normalized spacial score (nSPS) is 11.4. The van der Waals surface area contributed by atoms with E-state index in [-0.39, 0.29) is 5.97 Å². The van der Waals surface area contributed by atoms with Crippen molar-refractivity contribution in [1.82, 2.24) is 9.88 Å². The molecule has 0 unspecified atom stereocenters. The van der Waals surface area contributed by atoms with Gasteiger partial charge in [0, 0.05) is 18.4 Å². The smallest absolute Gasteiger partial charge is 0.311 e. The molecule has 0 saturated carbocycles. The van der Waals surface area contributed by atoms with Crippen LogP contribution in [0.4, 0.5) is 0 Å². The number of likely N-dealkylation sites (N-methyl/N-ethyl adjacent to an activating group) is 1. The van der Waals surface area contributed by atoms with Crippen molar-refractivity contribution in [3.63, 3.8) is 0 Å². The van der Waals surface area contributed by atoms with Gasteiger partial charge >= 0.3 is 5.97 Å². The highest BCUT2D eigenvalue weighted by atomic mass is 127. The number of carbonyl (C=O) groups excluding carboxylic acids is 1. The number of H-pyrrole nitrogens is 1. The first-order chi connectivity index (χ1) is 11.5. The van der Waals surface area contributed by atoms with Gasteiger partial charge in [-0.15, -0.1) is 0 Å². The summed E-state index contributed by atoms with van der Waals surface area (Å²) < 4.78 is 6.81. The molecule has 1 aromatic heterocycles. The number of esters is 1. The predicted molar refractivity (Wildman–Crippen MR) is 108 cm³/mol. The number of rotatable bonds is 9. The van der Waals surface area contributed by atoms with Gasteiger partial charge in [-0.2, -0.15) is 0 Å². The third-order valence-electron chi connectivity index (χ3n) is 4.10. The van der Waals surface area contributed by atoms with E-state index >= 15 is 0 Å². The fraction of sp³-hybridized carbons (Fsp3) is 0.526. The average molecular weight is 442 g/mol. The number of aromatic amines is 1. The summed E-state index contributed by atoms with van der Waals surface area (Å²) in [5.74, 6) is 0.550. The van der Waals surface area contributed by atoms with Crippen LogP contribution >= 0.6 is 22.6 Å². The molecule has 24 heavy (non-hydrogen) atoms. The van der Waals surface area contributed by atoms with Gasteiger partial charge < -0.3 is 14.6 Å². The first kappa shape index (κ1) is 19.2. The molecule has 0 bridgehead atoms. The van der Waals surface area contributed by atoms with Crippen LogP contribution in [0.15, 0.2) is 18.2 Å². The van der Waals surface area contributed by atoms with Crippen LogP contribution in [0.1, 0.15) is 44.6 Å².